The van der Waals surface area contributed by atoms with E-state index in [0.29, 0.717) is 6.42 Å². The number of hydrogen-bond donors (Lipinski definition) is 1. The molecule has 1 aliphatic rings. The van der Waals surface area contributed by atoms with Crippen LogP contribution in [0.25, 0.3) is 0 Å². The molecule has 1 aromatic carbocycles. The minimum absolute atomic E-state index is 0.0124. The van der Waals surface area contributed by atoms with Crippen molar-refractivity contribution in [3.8, 4) is 0 Å². The number of piperidine rings is 1. The number of halogens is 1. The van der Waals surface area contributed by atoms with Crippen molar-refractivity contribution >= 4 is 21.8 Å². The van der Waals surface area contributed by atoms with Crippen LogP contribution in [0.5, 0.6) is 0 Å². The first-order chi connectivity index (χ1) is 8.70. The molecule has 0 spiro atoms. The molecule has 18 heavy (non-hydrogen) atoms. The van der Waals surface area contributed by atoms with Crippen molar-refractivity contribution in [2.24, 2.45) is 0 Å². The van der Waals surface area contributed by atoms with E-state index in [1.807, 2.05) is 29.2 Å². The highest BCUT2D eigenvalue weighted by atomic mass is 79.9. The minimum atomic E-state index is 0.0124. The van der Waals surface area contributed by atoms with E-state index in [-0.39, 0.29) is 18.6 Å². The van der Waals surface area contributed by atoms with Gasteiger partial charge in [0, 0.05) is 11.0 Å². The lowest BCUT2D eigenvalue weighted by Crippen LogP contribution is -2.46. The van der Waals surface area contributed by atoms with Gasteiger partial charge >= 0.3 is 0 Å². The first-order valence-electron chi connectivity index (χ1n) is 6.35. The van der Waals surface area contributed by atoms with E-state index in [1.54, 1.807) is 0 Å². The Balaban J connectivity index is 2.02. The molecular formula is C14H18BrNO2. The first kappa shape index (κ1) is 13.6. The van der Waals surface area contributed by atoms with E-state index in [9.17, 15) is 9.90 Å². The van der Waals surface area contributed by atoms with E-state index in [1.165, 1.54) is 0 Å². The van der Waals surface area contributed by atoms with Crippen molar-refractivity contribution in [1.29, 1.82) is 0 Å². The predicted molar refractivity (Wildman–Crippen MR) is 74.3 cm³/mol. The molecule has 1 aliphatic heterocycles. The molecule has 2 rings (SSSR count). The van der Waals surface area contributed by atoms with Crippen molar-refractivity contribution in [2.75, 3.05) is 13.2 Å². The molecular weight excluding hydrogens is 294 g/mol. The fraction of sp³-hybridized carbons (Fsp3) is 0.500. The molecule has 1 atom stereocenters. The van der Waals surface area contributed by atoms with Crippen LogP contribution in [0.3, 0.4) is 0 Å². The third-order valence-corrected chi connectivity index (χ3v) is 3.90. The van der Waals surface area contributed by atoms with E-state index in [0.717, 1.165) is 35.8 Å². The van der Waals surface area contributed by atoms with Crippen molar-refractivity contribution in [3.05, 3.63) is 34.3 Å². The van der Waals surface area contributed by atoms with Gasteiger partial charge in [-0.15, -0.1) is 0 Å². The van der Waals surface area contributed by atoms with Gasteiger partial charge in [0.05, 0.1) is 19.1 Å². The number of aliphatic hydroxyl groups excluding tert-OH is 1. The average molecular weight is 312 g/mol. The van der Waals surface area contributed by atoms with Gasteiger partial charge in [0.2, 0.25) is 5.91 Å². The summed E-state index contributed by atoms with van der Waals surface area (Å²) < 4.78 is 0.991. The Morgan fingerprint density at radius 3 is 3.00 bits per heavy atom. The Bertz CT molecular complexity index is 422. The van der Waals surface area contributed by atoms with Crippen molar-refractivity contribution in [1.82, 2.24) is 4.90 Å². The van der Waals surface area contributed by atoms with Crippen LogP contribution >= 0.6 is 15.9 Å². The van der Waals surface area contributed by atoms with E-state index in [4.69, 9.17) is 0 Å². The number of nitrogens with zero attached hydrogens (tertiary/aromatic N) is 1. The number of likely N-dealkylation sites (tertiary alicyclic amines) is 1. The maximum Gasteiger partial charge on any atom is 0.227 e. The quantitative estimate of drug-likeness (QED) is 0.931. The number of carbonyl (C=O) groups excluding carboxylic acids is 1. The van der Waals surface area contributed by atoms with Crippen LogP contribution < -0.4 is 0 Å². The minimum Gasteiger partial charge on any atom is -0.394 e. The van der Waals surface area contributed by atoms with Crippen LogP contribution in [0.4, 0.5) is 0 Å². The second-order valence-corrected chi connectivity index (χ2v) is 5.64. The van der Waals surface area contributed by atoms with Gasteiger partial charge in [0.25, 0.3) is 0 Å². The summed E-state index contributed by atoms with van der Waals surface area (Å²) in [6.07, 6.45) is 3.48. The lowest BCUT2D eigenvalue weighted by atomic mass is 10.0. The highest BCUT2D eigenvalue weighted by Gasteiger charge is 2.25. The van der Waals surface area contributed by atoms with Crippen molar-refractivity contribution < 1.29 is 9.90 Å². The van der Waals surface area contributed by atoms with Crippen LogP contribution in [0.2, 0.25) is 0 Å². The average Bonchev–Trinajstić information content (AvgIpc) is 2.38. The Morgan fingerprint density at radius 2 is 2.28 bits per heavy atom. The van der Waals surface area contributed by atoms with Gasteiger partial charge in [0.15, 0.2) is 0 Å². The first-order valence-corrected chi connectivity index (χ1v) is 7.15. The lowest BCUT2D eigenvalue weighted by molar-refractivity contribution is -0.135. The molecule has 3 nitrogen and oxygen atoms in total. The molecule has 1 fully saturated rings. The second kappa shape index (κ2) is 6.34. The Labute approximate surface area is 116 Å². The van der Waals surface area contributed by atoms with Crippen LogP contribution in [-0.4, -0.2) is 35.1 Å². The SMILES string of the molecule is O=C(Cc1cccc(Br)c1)N1CCCCC1CO. The van der Waals surface area contributed by atoms with Gasteiger partial charge < -0.3 is 10.0 Å². The zero-order valence-electron chi connectivity index (χ0n) is 10.3. The number of benzene rings is 1. The summed E-state index contributed by atoms with van der Waals surface area (Å²) in [6.45, 7) is 0.849. The standard InChI is InChI=1S/C14H18BrNO2/c15-12-5-3-4-11(8-12)9-14(18)16-7-2-1-6-13(16)10-17/h3-5,8,13,17H,1-2,6-7,9-10H2. The number of hydrogen-bond acceptors (Lipinski definition) is 2. The van der Waals surface area contributed by atoms with Gasteiger partial charge in [-0.3, -0.25) is 4.79 Å². The smallest absolute Gasteiger partial charge is 0.227 e. The largest absolute Gasteiger partial charge is 0.394 e. The van der Waals surface area contributed by atoms with Crippen LogP contribution in [0.15, 0.2) is 28.7 Å². The molecule has 1 heterocycles. The number of amides is 1. The molecule has 0 bridgehead atoms. The summed E-state index contributed by atoms with van der Waals surface area (Å²) in [5, 5.41) is 9.32. The van der Waals surface area contributed by atoms with Gasteiger partial charge in [-0.25, -0.2) is 0 Å². The molecule has 0 saturated carbocycles. The molecule has 1 saturated heterocycles. The maximum absolute atomic E-state index is 12.2. The van der Waals surface area contributed by atoms with Crippen LogP contribution in [-0.2, 0) is 11.2 Å². The zero-order chi connectivity index (χ0) is 13.0. The lowest BCUT2D eigenvalue weighted by Gasteiger charge is -2.34. The number of carbonyl (C=O) groups is 1. The molecule has 1 aromatic rings. The number of aliphatic hydroxyl groups is 1. The second-order valence-electron chi connectivity index (χ2n) is 4.73. The van der Waals surface area contributed by atoms with Crippen molar-refractivity contribution in [3.63, 3.8) is 0 Å². The van der Waals surface area contributed by atoms with Crippen LogP contribution in [0, 0.1) is 0 Å². The summed E-state index contributed by atoms with van der Waals surface area (Å²) in [4.78, 5) is 14.1. The molecule has 0 aliphatic carbocycles. The topological polar surface area (TPSA) is 40.5 Å². The monoisotopic (exact) mass is 311 g/mol. The molecule has 0 aromatic heterocycles. The molecule has 98 valence electrons. The normalized spacial score (nSPS) is 19.9. The van der Waals surface area contributed by atoms with Gasteiger partial charge in [-0.2, -0.15) is 0 Å². The fourth-order valence-corrected chi connectivity index (χ4v) is 2.89. The summed E-state index contributed by atoms with van der Waals surface area (Å²) in [7, 11) is 0. The Hall–Kier alpha value is -0.870. The third kappa shape index (κ3) is 3.33. The number of rotatable bonds is 3. The molecule has 1 amide bonds. The summed E-state index contributed by atoms with van der Waals surface area (Å²) in [6, 6.07) is 7.83. The van der Waals surface area contributed by atoms with Crippen LogP contribution in [0.1, 0.15) is 24.8 Å². The fourth-order valence-electron chi connectivity index (χ4n) is 2.44. The molecule has 4 heteroatoms. The molecule has 1 N–H and O–H groups in total. The van der Waals surface area contributed by atoms with Crippen molar-refractivity contribution in [2.45, 2.75) is 31.7 Å². The van der Waals surface area contributed by atoms with Gasteiger partial charge in [0.1, 0.15) is 0 Å². The summed E-state index contributed by atoms with van der Waals surface area (Å²) in [5.74, 6) is 0.117. The van der Waals surface area contributed by atoms with E-state index < -0.39 is 0 Å². The van der Waals surface area contributed by atoms with Gasteiger partial charge in [-0.1, -0.05) is 28.1 Å². The molecule has 1 unspecified atom stereocenters. The highest BCUT2D eigenvalue weighted by molar-refractivity contribution is 9.10. The predicted octanol–water partition coefficient (Wildman–Crippen LogP) is 2.37. The Morgan fingerprint density at radius 1 is 1.44 bits per heavy atom. The van der Waals surface area contributed by atoms with Gasteiger partial charge in [-0.05, 0) is 37.0 Å². The van der Waals surface area contributed by atoms with E-state index in [2.05, 4.69) is 15.9 Å². The zero-order valence-corrected chi connectivity index (χ0v) is 11.9. The Kier molecular flexibility index (Phi) is 4.78. The summed E-state index contributed by atoms with van der Waals surface area (Å²) >= 11 is 3.41. The molecule has 0 radical (unpaired) electrons. The highest BCUT2D eigenvalue weighted by Crippen LogP contribution is 2.19. The maximum atomic E-state index is 12.2. The third-order valence-electron chi connectivity index (χ3n) is 3.40. The summed E-state index contributed by atoms with van der Waals surface area (Å²) in [5.41, 5.74) is 1.01. The van der Waals surface area contributed by atoms with E-state index >= 15 is 0 Å².